The van der Waals surface area contributed by atoms with Gasteiger partial charge >= 0.3 is 0 Å². The molecule has 7 heteroatoms. The average Bonchev–Trinajstić information content (AvgIpc) is 3.33. The molecule has 0 spiro atoms. The molecule has 0 amide bonds. The van der Waals surface area contributed by atoms with Crippen molar-refractivity contribution in [1.29, 1.82) is 5.26 Å². The molecule has 0 bridgehead atoms. The molecule has 29 heavy (non-hydrogen) atoms. The van der Waals surface area contributed by atoms with Crippen LogP contribution in [-0.4, -0.2) is 14.9 Å². The van der Waals surface area contributed by atoms with Gasteiger partial charge < -0.3 is 9.40 Å². The molecule has 4 aromatic rings. The number of nitrogens with one attached hydrogen (secondary N) is 1. The molecule has 0 saturated carbocycles. The maximum absolute atomic E-state index is 10.8. The SMILES string of the molecule is Cc1cc2nc(/C(C#N)=C/c3ccc(-c4ccc([N+](=O)[O-])cc4)o3)[nH]c2cc1C. The third-order valence-corrected chi connectivity index (χ3v) is 4.75. The minimum Gasteiger partial charge on any atom is -0.457 e. The highest BCUT2D eigenvalue weighted by atomic mass is 16.6. The number of nitriles is 1. The van der Waals surface area contributed by atoms with E-state index in [0.717, 1.165) is 22.2 Å². The Kier molecular flexibility index (Phi) is 4.45. The second-order valence-electron chi connectivity index (χ2n) is 6.71. The van der Waals surface area contributed by atoms with Crippen molar-refractivity contribution in [2.45, 2.75) is 13.8 Å². The van der Waals surface area contributed by atoms with Crippen LogP contribution >= 0.6 is 0 Å². The Morgan fingerprint density at radius 1 is 1.17 bits per heavy atom. The normalized spacial score (nSPS) is 11.6. The number of non-ortho nitro benzene ring substituents is 1. The summed E-state index contributed by atoms with van der Waals surface area (Å²) in [6.45, 7) is 4.05. The molecule has 0 radical (unpaired) electrons. The number of hydrogen-bond donors (Lipinski definition) is 1. The molecular weight excluding hydrogens is 368 g/mol. The van der Waals surface area contributed by atoms with Crippen LogP contribution in [0.4, 0.5) is 5.69 Å². The number of fused-ring (bicyclic) bond motifs is 1. The van der Waals surface area contributed by atoms with Crippen LogP contribution in [0.25, 0.3) is 34.0 Å². The van der Waals surface area contributed by atoms with Gasteiger partial charge in [-0.05, 0) is 61.4 Å². The van der Waals surface area contributed by atoms with E-state index < -0.39 is 4.92 Å². The summed E-state index contributed by atoms with van der Waals surface area (Å²) in [5.74, 6) is 1.52. The molecule has 7 nitrogen and oxygen atoms in total. The third kappa shape index (κ3) is 3.51. The number of imidazole rings is 1. The van der Waals surface area contributed by atoms with Gasteiger partial charge in [-0.2, -0.15) is 5.26 Å². The number of nitrogens with zero attached hydrogens (tertiary/aromatic N) is 3. The Balaban J connectivity index is 1.66. The van der Waals surface area contributed by atoms with Gasteiger partial charge in [0.2, 0.25) is 0 Å². The Morgan fingerprint density at radius 3 is 2.59 bits per heavy atom. The third-order valence-electron chi connectivity index (χ3n) is 4.75. The lowest BCUT2D eigenvalue weighted by Gasteiger charge is -1.97. The van der Waals surface area contributed by atoms with E-state index in [9.17, 15) is 15.4 Å². The minimum absolute atomic E-state index is 0.0163. The van der Waals surface area contributed by atoms with E-state index in [1.807, 2.05) is 26.0 Å². The van der Waals surface area contributed by atoms with E-state index in [2.05, 4.69) is 16.0 Å². The summed E-state index contributed by atoms with van der Waals surface area (Å²) in [5.41, 5.74) is 5.03. The number of allylic oxidation sites excluding steroid dienone is 1. The predicted octanol–water partition coefficient (Wildman–Crippen LogP) is 5.41. The summed E-state index contributed by atoms with van der Waals surface area (Å²) >= 11 is 0. The van der Waals surface area contributed by atoms with Crippen molar-refractivity contribution < 1.29 is 9.34 Å². The standard InChI is InChI=1S/C22H16N4O3/c1-13-9-19-20(10-14(13)2)25-22(24-19)16(12-23)11-18-7-8-21(29-18)15-3-5-17(6-4-15)26(27)28/h3-11H,1-2H3,(H,24,25)/b16-11+. The molecule has 2 heterocycles. The molecule has 0 aliphatic heterocycles. The zero-order valence-electron chi connectivity index (χ0n) is 15.8. The van der Waals surface area contributed by atoms with Crippen LogP contribution in [-0.2, 0) is 0 Å². The summed E-state index contributed by atoms with van der Waals surface area (Å²) in [5, 5.41) is 20.4. The van der Waals surface area contributed by atoms with Gasteiger partial charge in [-0.1, -0.05) is 0 Å². The largest absolute Gasteiger partial charge is 0.457 e. The first kappa shape index (κ1) is 18.2. The fraction of sp³-hybridized carbons (Fsp3) is 0.0909. The van der Waals surface area contributed by atoms with E-state index in [-0.39, 0.29) is 5.69 Å². The molecule has 0 saturated heterocycles. The number of aryl methyl sites for hydroxylation is 2. The highest BCUT2D eigenvalue weighted by molar-refractivity contribution is 5.90. The van der Waals surface area contributed by atoms with Gasteiger partial charge in [-0.25, -0.2) is 4.98 Å². The average molecular weight is 384 g/mol. The lowest BCUT2D eigenvalue weighted by atomic mass is 10.1. The Hall–Kier alpha value is -4.18. The summed E-state index contributed by atoms with van der Waals surface area (Å²) in [7, 11) is 0. The van der Waals surface area contributed by atoms with Crippen LogP contribution in [0.1, 0.15) is 22.7 Å². The molecular formula is C22H16N4O3. The van der Waals surface area contributed by atoms with Crippen molar-refractivity contribution in [2.24, 2.45) is 0 Å². The smallest absolute Gasteiger partial charge is 0.269 e. The van der Waals surface area contributed by atoms with Gasteiger partial charge in [0, 0.05) is 23.8 Å². The van der Waals surface area contributed by atoms with Crippen LogP contribution in [0.2, 0.25) is 0 Å². The predicted molar refractivity (Wildman–Crippen MR) is 110 cm³/mol. The maximum atomic E-state index is 10.8. The summed E-state index contributed by atoms with van der Waals surface area (Å²) in [4.78, 5) is 18.0. The minimum atomic E-state index is -0.449. The van der Waals surface area contributed by atoms with Crippen LogP contribution in [0.3, 0.4) is 0 Å². The van der Waals surface area contributed by atoms with E-state index in [1.165, 1.54) is 12.1 Å². The van der Waals surface area contributed by atoms with Crippen molar-refractivity contribution >= 4 is 28.4 Å². The lowest BCUT2D eigenvalue weighted by molar-refractivity contribution is -0.384. The number of furan rings is 1. The Morgan fingerprint density at radius 2 is 1.90 bits per heavy atom. The Bertz CT molecular complexity index is 1270. The van der Waals surface area contributed by atoms with Crippen LogP contribution < -0.4 is 0 Å². The van der Waals surface area contributed by atoms with Gasteiger partial charge in [-0.3, -0.25) is 10.1 Å². The number of aromatic amines is 1. The van der Waals surface area contributed by atoms with Gasteiger partial charge in [0.1, 0.15) is 23.4 Å². The zero-order valence-corrected chi connectivity index (χ0v) is 15.8. The van der Waals surface area contributed by atoms with Crippen LogP contribution in [0.5, 0.6) is 0 Å². The fourth-order valence-corrected chi connectivity index (χ4v) is 3.03. The number of rotatable bonds is 4. The van der Waals surface area contributed by atoms with Crippen LogP contribution in [0, 0.1) is 35.3 Å². The fourth-order valence-electron chi connectivity index (χ4n) is 3.03. The molecule has 0 atom stereocenters. The van der Waals surface area contributed by atoms with E-state index >= 15 is 0 Å². The molecule has 0 aliphatic rings. The summed E-state index contributed by atoms with van der Waals surface area (Å²) < 4.78 is 5.80. The van der Waals surface area contributed by atoms with Crippen molar-refractivity contribution in [2.75, 3.05) is 0 Å². The van der Waals surface area contributed by atoms with Gasteiger partial charge in [0.25, 0.3) is 5.69 Å². The van der Waals surface area contributed by atoms with E-state index in [0.29, 0.717) is 28.5 Å². The highest BCUT2D eigenvalue weighted by Crippen LogP contribution is 2.27. The topological polar surface area (TPSA) is 109 Å². The molecule has 1 N–H and O–H groups in total. The zero-order chi connectivity index (χ0) is 20.5. The quantitative estimate of drug-likeness (QED) is 0.287. The summed E-state index contributed by atoms with van der Waals surface area (Å²) in [6, 6.07) is 15.7. The number of nitro groups is 1. The molecule has 4 rings (SSSR count). The highest BCUT2D eigenvalue weighted by Gasteiger charge is 2.12. The van der Waals surface area contributed by atoms with E-state index in [4.69, 9.17) is 4.42 Å². The molecule has 0 aliphatic carbocycles. The lowest BCUT2D eigenvalue weighted by Crippen LogP contribution is -1.86. The molecule has 142 valence electrons. The first-order chi connectivity index (χ1) is 13.9. The van der Waals surface area contributed by atoms with E-state index in [1.54, 1.807) is 30.3 Å². The number of aromatic nitrogens is 2. The number of benzene rings is 2. The molecule has 2 aromatic carbocycles. The Labute approximate surface area is 166 Å². The molecule has 0 fully saturated rings. The first-order valence-electron chi connectivity index (χ1n) is 8.88. The van der Waals surface area contributed by atoms with Gasteiger partial charge in [-0.15, -0.1) is 0 Å². The number of H-pyrrole nitrogens is 1. The van der Waals surface area contributed by atoms with Crippen LogP contribution in [0.15, 0.2) is 52.9 Å². The van der Waals surface area contributed by atoms with Crippen molar-refractivity contribution in [1.82, 2.24) is 9.97 Å². The first-order valence-corrected chi connectivity index (χ1v) is 8.88. The van der Waals surface area contributed by atoms with Crippen molar-refractivity contribution in [3.63, 3.8) is 0 Å². The van der Waals surface area contributed by atoms with Crippen molar-refractivity contribution in [3.05, 3.63) is 81.4 Å². The molecule has 0 unspecified atom stereocenters. The number of hydrogen-bond acceptors (Lipinski definition) is 5. The van der Waals surface area contributed by atoms with Gasteiger partial charge in [0.15, 0.2) is 0 Å². The summed E-state index contributed by atoms with van der Waals surface area (Å²) in [6.07, 6.45) is 1.62. The second kappa shape index (κ2) is 7.09. The second-order valence-corrected chi connectivity index (χ2v) is 6.71. The van der Waals surface area contributed by atoms with Gasteiger partial charge in [0.05, 0.1) is 21.5 Å². The maximum Gasteiger partial charge on any atom is 0.269 e. The number of nitro benzene ring substituents is 1. The molecule has 2 aromatic heterocycles. The van der Waals surface area contributed by atoms with Crippen molar-refractivity contribution in [3.8, 4) is 17.4 Å². The monoisotopic (exact) mass is 384 g/mol.